The molecule has 4 heteroatoms. The number of rotatable bonds is 4. The monoisotopic (exact) mass is 289 g/mol. The zero-order chi connectivity index (χ0) is 13.7. The Balaban J connectivity index is 2.04. The minimum atomic E-state index is 0.586. The van der Waals surface area contributed by atoms with Crippen LogP contribution < -0.4 is 4.74 Å². The molecule has 0 aliphatic carbocycles. The first-order valence-corrected chi connectivity index (χ1v) is 7.04. The molecule has 0 aliphatic rings. The lowest BCUT2D eigenvalue weighted by Crippen LogP contribution is -1.85. The van der Waals surface area contributed by atoms with Crippen molar-refractivity contribution in [2.45, 2.75) is 10.6 Å². The smallest absolute Gasteiger partial charge is 0.118 e. The Labute approximate surface area is 122 Å². The van der Waals surface area contributed by atoms with Crippen LogP contribution >= 0.6 is 23.4 Å². The van der Waals surface area contributed by atoms with Crippen LogP contribution in [0.25, 0.3) is 0 Å². The summed E-state index contributed by atoms with van der Waals surface area (Å²) in [6.45, 7) is 0. The molecule has 2 aromatic carbocycles. The number of nitriles is 1. The van der Waals surface area contributed by atoms with E-state index in [-0.39, 0.29) is 0 Å². The van der Waals surface area contributed by atoms with Crippen LogP contribution in [0, 0.1) is 11.3 Å². The Morgan fingerprint density at radius 2 is 1.95 bits per heavy atom. The number of hydrogen-bond donors (Lipinski definition) is 0. The predicted octanol–water partition coefficient (Wildman–Crippen LogP) is 4.51. The number of thioether (sulfide) groups is 1. The molecule has 0 N–H and O–H groups in total. The summed E-state index contributed by atoms with van der Waals surface area (Å²) in [5.41, 5.74) is 1.62. The highest BCUT2D eigenvalue weighted by molar-refractivity contribution is 7.98. The number of nitrogens with zero attached hydrogens (tertiary/aromatic N) is 1. The van der Waals surface area contributed by atoms with Gasteiger partial charge in [-0.2, -0.15) is 5.26 Å². The SMILES string of the molecule is COc1ccc(SCc2ccc(C#N)cc2Cl)cc1. The maximum Gasteiger partial charge on any atom is 0.118 e. The highest BCUT2D eigenvalue weighted by Gasteiger charge is 2.03. The topological polar surface area (TPSA) is 33.0 Å². The minimum Gasteiger partial charge on any atom is -0.497 e. The van der Waals surface area contributed by atoms with E-state index in [0.717, 1.165) is 22.0 Å². The summed E-state index contributed by atoms with van der Waals surface area (Å²) < 4.78 is 5.12. The highest BCUT2D eigenvalue weighted by Crippen LogP contribution is 2.28. The van der Waals surface area contributed by atoms with Gasteiger partial charge in [-0.25, -0.2) is 0 Å². The second-order valence-electron chi connectivity index (χ2n) is 3.88. The van der Waals surface area contributed by atoms with E-state index in [1.54, 1.807) is 31.0 Å². The van der Waals surface area contributed by atoms with Crippen LogP contribution in [-0.2, 0) is 5.75 Å². The van der Waals surface area contributed by atoms with Gasteiger partial charge in [0.1, 0.15) is 5.75 Å². The maximum absolute atomic E-state index is 8.78. The van der Waals surface area contributed by atoms with E-state index in [4.69, 9.17) is 21.6 Å². The Hall–Kier alpha value is -1.63. The Bertz CT molecular complexity index is 605. The van der Waals surface area contributed by atoms with E-state index in [1.807, 2.05) is 30.3 Å². The first-order chi connectivity index (χ1) is 9.22. The van der Waals surface area contributed by atoms with Crippen molar-refractivity contribution >= 4 is 23.4 Å². The molecule has 96 valence electrons. The van der Waals surface area contributed by atoms with Crippen LogP contribution in [0.15, 0.2) is 47.4 Å². The van der Waals surface area contributed by atoms with Gasteiger partial charge in [0.15, 0.2) is 0 Å². The van der Waals surface area contributed by atoms with E-state index in [9.17, 15) is 0 Å². The molecule has 0 aliphatic heterocycles. The van der Waals surface area contributed by atoms with E-state index in [2.05, 4.69) is 6.07 Å². The van der Waals surface area contributed by atoms with Gasteiger partial charge in [0.25, 0.3) is 0 Å². The molecule has 0 saturated heterocycles. The van der Waals surface area contributed by atoms with Crippen LogP contribution in [0.4, 0.5) is 0 Å². The molecule has 19 heavy (non-hydrogen) atoms. The Morgan fingerprint density at radius 1 is 1.21 bits per heavy atom. The summed E-state index contributed by atoms with van der Waals surface area (Å²) in [7, 11) is 1.65. The van der Waals surface area contributed by atoms with E-state index >= 15 is 0 Å². The van der Waals surface area contributed by atoms with Gasteiger partial charge in [0.2, 0.25) is 0 Å². The fourth-order valence-corrected chi connectivity index (χ4v) is 2.80. The number of halogens is 1. The normalized spacial score (nSPS) is 9.95. The average molecular weight is 290 g/mol. The largest absolute Gasteiger partial charge is 0.497 e. The van der Waals surface area contributed by atoms with Crippen LogP contribution in [-0.4, -0.2) is 7.11 Å². The fourth-order valence-electron chi connectivity index (χ4n) is 1.57. The Kier molecular flexibility index (Phi) is 4.73. The standard InChI is InChI=1S/C15H12ClNOS/c1-18-13-4-6-14(7-5-13)19-10-12-3-2-11(9-17)8-15(12)16/h2-8H,10H2,1H3. The van der Waals surface area contributed by atoms with Gasteiger partial charge in [-0.1, -0.05) is 17.7 Å². The van der Waals surface area contributed by atoms with Crippen molar-refractivity contribution < 1.29 is 4.74 Å². The maximum atomic E-state index is 8.78. The molecule has 0 fully saturated rings. The first kappa shape index (κ1) is 13.8. The van der Waals surface area contributed by atoms with Crippen molar-refractivity contribution in [1.82, 2.24) is 0 Å². The zero-order valence-corrected chi connectivity index (χ0v) is 12.0. The van der Waals surface area contributed by atoms with Gasteiger partial charge in [0.05, 0.1) is 18.7 Å². The second-order valence-corrected chi connectivity index (χ2v) is 5.34. The van der Waals surface area contributed by atoms with Crippen LogP contribution in [0.5, 0.6) is 5.75 Å². The molecule has 0 unspecified atom stereocenters. The van der Waals surface area contributed by atoms with Crippen LogP contribution in [0.3, 0.4) is 0 Å². The molecule has 2 aromatic rings. The lowest BCUT2D eigenvalue weighted by molar-refractivity contribution is 0.414. The van der Waals surface area contributed by atoms with Crippen LogP contribution in [0.1, 0.15) is 11.1 Å². The third-order valence-corrected chi connectivity index (χ3v) is 4.05. The predicted molar refractivity (Wildman–Crippen MR) is 78.7 cm³/mol. The van der Waals surface area contributed by atoms with Gasteiger partial charge in [0, 0.05) is 15.7 Å². The van der Waals surface area contributed by atoms with E-state index < -0.39 is 0 Å². The molecule has 2 rings (SSSR count). The number of benzene rings is 2. The molecule has 0 aromatic heterocycles. The number of methoxy groups -OCH3 is 1. The van der Waals surface area contributed by atoms with E-state index in [0.29, 0.717) is 10.6 Å². The molecular formula is C15H12ClNOS. The molecule has 0 heterocycles. The summed E-state index contributed by atoms with van der Waals surface area (Å²) in [5, 5.41) is 9.42. The summed E-state index contributed by atoms with van der Waals surface area (Å²) in [6.07, 6.45) is 0. The molecular weight excluding hydrogens is 278 g/mol. The van der Waals surface area contributed by atoms with Gasteiger partial charge in [-0.05, 0) is 42.0 Å². The summed E-state index contributed by atoms with van der Waals surface area (Å²) >= 11 is 7.84. The van der Waals surface area contributed by atoms with Crippen molar-refractivity contribution in [3.05, 3.63) is 58.6 Å². The summed E-state index contributed by atoms with van der Waals surface area (Å²) in [4.78, 5) is 1.15. The third-order valence-electron chi connectivity index (χ3n) is 2.64. The van der Waals surface area contributed by atoms with Crippen molar-refractivity contribution in [2.75, 3.05) is 7.11 Å². The molecule has 0 atom stereocenters. The fraction of sp³-hybridized carbons (Fsp3) is 0.133. The molecule has 2 nitrogen and oxygen atoms in total. The quantitative estimate of drug-likeness (QED) is 0.776. The summed E-state index contributed by atoms with van der Waals surface area (Å²) in [6, 6.07) is 15.4. The van der Waals surface area contributed by atoms with Gasteiger partial charge >= 0.3 is 0 Å². The number of ether oxygens (including phenoxy) is 1. The minimum absolute atomic E-state index is 0.586. The molecule has 0 amide bonds. The van der Waals surface area contributed by atoms with Gasteiger partial charge < -0.3 is 4.74 Å². The first-order valence-electron chi connectivity index (χ1n) is 5.68. The van der Waals surface area contributed by atoms with Crippen molar-refractivity contribution in [1.29, 1.82) is 5.26 Å². The average Bonchev–Trinajstić information content (AvgIpc) is 2.46. The highest BCUT2D eigenvalue weighted by atomic mass is 35.5. The van der Waals surface area contributed by atoms with Gasteiger partial charge in [-0.3, -0.25) is 0 Å². The lowest BCUT2D eigenvalue weighted by atomic mass is 10.2. The third kappa shape index (κ3) is 3.66. The van der Waals surface area contributed by atoms with Crippen molar-refractivity contribution in [2.24, 2.45) is 0 Å². The van der Waals surface area contributed by atoms with Crippen LogP contribution in [0.2, 0.25) is 5.02 Å². The molecule has 0 bridgehead atoms. The van der Waals surface area contributed by atoms with Gasteiger partial charge in [-0.15, -0.1) is 11.8 Å². The van der Waals surface area contributed by atoms with E-state index in [1.165, 1.54) is 0 Å². The van der Waals surface area contributed by atoms with Crippen molar-refractivity contribution in [3.63, 3.8) is 0 Å². The Morgan fingerprint density at radius 3 is 2.53 bits per heavy atom. The molecule has 0 radical (unpaired) electrons. The second kappa shape index (κ2) is 6.51. The number of hydrogen-bond acceptors (Lipinski definition) is 3. The molecule has 0 spiro atoms. The lowest BCUT2D eigenvalue weighted by Gasteiger charge is -2.05. The molecule has 0 saturated carbocycles. The summed E-state index contributed by atoms with van der Waals surface area (Å²) in [5.74, 6) is 1.62. The zero-order valence-electron chi connectivity index (χ0n) is 10.4. The van der Waals surface area contributed by atoms with Crippen molar-refractivity contribution in [3.8, 4) is 11.8 Å².